The Morgan fingerprint density at radius 1 is 1.53 bits per heavy atom. The van der Waals surface area contributed by atoms with Gasteiger partial charge in [-0.25, -0.2) is 4.39 Å². The summed E-state index contributed by atoms with van der Waals surface area (Å²) < 4.78 is 13.6. The van der Waals surface area contributed by atoms with Gasteiger partial charge in [-0.15, -0.1) is 0 Å². The lowest BCUT2D eigenvalue weighted by Crippen LogP contribution is -1.99. The number of halogens is 2. The number of carboxylic acids is 1. The van der Waals surface area contributed by atoms with Gasteiger partial charge in [-0.3, -0.25) is 4.79 Å². The lowest BCUT2D eigenvalue weighted by Gasteiger charge is -1.98. The van der Waals surface area contributed by atoms with Gasteiger partial charge in [0.15, 0.2) is 5.82 Å². The van der Waals surface area contributed by atoms with Crippen LogP contribution in [0.2, 0.25) is 5.02 Å². The SMILES string of the molecule is O=C(O)Cc1c[nH]c2ccc(Cl)c(F)c12. The number of aromatic nitrogens is 1. The minimum Gasteiger partial charge on any atom is -0.481 e. The zero-order valence-electron chi connectivity index (χ0n) is 7.55. The molecule has 0 atom stereocenters. The number of H-pyrrole nitrogens is 1. The number of carbonyl (C=O) groups is 1. The highest BCUT2D eigenvalue weighted by molar-refractivity contribution is 6.31. The lowest BCUT2D eigenvalue weighted by molar-refractivity contribution is -0.136. The summed E-state index contributed by atoms with van der Waals surface area (Å²) >= 11 is 5.62. The fourth-order valence-corrected chi connectivity index (χ4v) is 1.68. The topological polar surface area (TPSA) is 53.1 Å². The van der Waals surface area contributed by atoms with Crippen molar-refractivity contribution in [3.8, 4) is 0 Å². The van der Waals surface area contributed by atoms with Gasteiger partial charge in [0.25, 0.3) is 0 Å². The number of nitrogens with one attached hydrogen (secondary N) is 1. The molecular formula is C10H7ClFNO2. The zero-order valence-corrected chi connectivity index (χ0v) is 8.31. The predicted octanol–water partition coefficient (Wildman–Crippen LogP) is 2.59. The van der Waals surface area contributed by atoms with Crippen LogP contribution in [0.4, 0.5) is 4.39 Å². The summed E-state index contributed by atoms with van der Waals surface area (Å²) in [7, 11) is 0. The molecule has 3 nitrogen and oxygen atoms in total. The molecule has 0 spiro atoms. The molecule has 0 bridgehead atoms. The van der Waals surface area contributed by atoms with Crippen molar-refractivity contribution < 1.29 is 14.3 Å². The molecule has 2 aromatic rings. The van der Waals surface area contributed by atoms with E-state index in [1.54, 1.807) is 6.07 Å². The van der Waals surface area contributed by atoms with Gasteiger partial charge in [-0.1, -0.05) is 11.6 Å². The molecule has 0 unspecified atom stereocenters. The molecule has 0 saturated carbocycles. The first kappa shape index (κ1) is 9.98. The van der Waals surface area contributed by atoms with E-state index in [2.05, 4.69) is 4.98 Å². The van der Waals surface area contributed by atoms with E-state index in [0.29, 0.717) is 11.1 Å². The van der Waals surface area contributed by atoms with Crippen LogP contribution in [0, 0.1) is 5.82 Å². The summed E-state index contributed by atoms with van der Waals surface area (Å²) in [5.41, 5.74) is 0.950. The van der Waals surface area contributed by atoms with Crippen LogP contribution in [0.25, 0.3) is 10.9 Å². The lowest BCUT2D eigenvalue weighted by atomic mass is 10.1. The van der Waals surface area contributed by atoms with E-state index >= 15 is 0 Å². The molecule has 0 fully saturated rings. The van der Waals surface area contributed by atoms with Gasteiger partial charge < -0.3 is 10.1 Å². The van der Waals surface area contributed by atoms with E-state index in [1.165, 1.54) is 12.3 Å². The van der Waals surface area contributed by atoms with E-state index in [4.69, 9.17) is 16.7 Å². The molecule has 1 heterocycles. The molecule has 0 radical (unpaired) electrons. The summed E-state index contributed by atoms with van der Waals surface area (Å²) in [5.74, 6) is -1.58. The Kier molecular flexibility index (Phi) is 2.36. The second kappa shape index (κ2) is 3.55. The summed E-state index contributed by atoms with van der Waals surface area (Å²) in [6.07, 6.45) is 1.26. The quantitative estimate of drug-likeness (QED) is 0.829. The minimum absolute atomic E-state index is 0.00580. The van der Waals surface area contributed by atoms with Gasteiger partial charge in [-0.2, -0.15) is 0 Å². The minimum atomic E-state index is -1.00. The molecule has 0 saturated heterocycles. The molecule has 1 aromatic carbocycles. The highest BCUT2D eigenvalue weighted by Gasteiger charge is 2.13. The molecular weight excluding hydrogens is 221 g/mol. The normalized spacial score (nSPS) is 10.8. The maximum Gasteiger partial charge on any atom is 0.307 e. The number of hydrogen-bond acceptors (Lipinski definition) is 1. The number of carboxylic acid groups (broad SMARTS) is 1. The van der Waals surface area contributed by atoms with Crippen LogP contribution < -0.4 is 0 Å². The second-order valence-corrected chi connectivity index (χ2v) is 3.58. The van der Waals surface area contributed by atoms with E-state index in [9.17, 15) is 9.18 Å². The molecule has 2 N–H and O–H groups in total. The third kappa shape index (κ3) is 1.68. The molecule has 0 aliphatic heterocycles. The number of hydrogen-bond donors (Lipinski definition) is 2. The first-order valence-corrected chi connectivity index (χ1v) is 4.63. The fraction of sp³-hybridized carbons (Fsp3) is 0.100. The van der Waals surface area contributed by atoms with Crippen molar-refractivity contribution in [1.29, 1.82) is 0 Å². The van der Waals surface area contributed by atoms with Gasteiger partial charge >= 0.3 is 5.97 Å². The highest BCUT2D eigenvalue weighted by atomic mass is 35.5. The summed E-state index contributed by atoms with van der Waals surface area (Å²) in [4.78, 5) is 13.3. The maximum absolute atomic E-state index is 13.6. The van der Waals surface area contributed by atoms with E-state index in [1.807, 2.05) is 0 Å². The van der Waals surface area contributed by atoms with Crippen LogP contribution in [0.3, 0.4) is 0 Å². The van der Waals surface area contributed by atoms with Crippen molar-refractivity contribution in [3.05, 3.63) is 34.7 Å². The van der Waals surface area contributed by atoms with Crippen LogP contribution in [-0.2, 0) is 11.2 Å². The van der Waals surface area contributed by atoms with Crippen LogP contribution in [0.1, 0.15) is 5.56 Å². The fourth-order valence-electron chi connectivity index (χ4n) is 1.52. The van der Waals surface area contributed by atoms with E-state index in [0.717, 1.165) is 0 Å². The third-order valence-electron chi connectivity index (χ3n) is 2.16. The summed E-state index contributed by atoms with van der Waals surface area (Å²) in [6.45, 7) is 0. The Hall–Kier alpha value is -1.55. The van der Waals surface area contributed by atoms with E-state index < -0.39 is 11.8 Å². The Morgan fingerprint density at radius 3 is 2.93 bits per heavy atom. The predicted molar refractivity (Wildman–Crippen MR) is 54.6 cm³/mol. The monoisotopic (exact) mass is 227 g/mol. The molecule has 5 heteroatoms. The van der Waals surface area contributed by atoms with Gasteiger partial charge in [0.1, 0.15) is 0 Å². The van der Waals surface area contributed by atoms with Gasteiger partial charge in [0.05, 0.1) is 11.4 Å². The number of fused-ring (bicyclic) bond motifs is 1. The number of aliphatic carboxylic acids is 1. The average Bonchev–Trinajstić information content (AvgIpc) is 2.55. The Morgan fingerprint density at radius 2 is 2.27 bits per heavy atom. The Balaban J connectivity index is 2.66. The van der Waals surface area contributed by atoms with Crippen molar-refractivity contribution in [2.45, 2.75) is 6.42 Å². The largest absolute Gasteiger partial charge is 0.481 e. The van der Waals surface area contributed by atoms with Crippen molar-refractivity contribution >= 4 is 28.5 Å². The van der Waals surface area contributed by atoms with Crippen LogP contribution in [0.15, 0.2) is 18.3 Å². The van der Waals surface area contributed by atoms with Gasteiger partial charge in [-0.05, 0) is 17.7 Å². The van der Waals surface area contributed by atoms with Crippen molar-refractivity contribution in [2.75, 3.05) is 0 Å². The smallest absolute Gasteiger partial charge is 0.307 e. The third-order valence-corrected chi connectivity index (χ3v) is 2.45. The molecule has 0 amide bonds. The molecule has 1 aromatic heterocycles. The van der Waals surface area contributed by atoms with E-state index in [-0.39, 0.29) is 16.8 Å². The number of aromatic amines is 1. The average molecular weight is 228 g/mol. The standard InChI is InChI=1S/C10H7ClFNO2/c11-6-1-2-7-9(10(6)12)5(4-13-7)3-8(14)15/h1-2,4,13H,3H2,(H,14,15). The maximum atomic E-state index is 13.6. The molecule has 15 heavy (non-hydrogen) atoms. The first-order valence-electron chi connectivity index (χ1n) is 4.25. The molecule has 0 aliphatic carbocycles. The zero-order chi connectivity index (χ0) is 11.0. The molecule has 0 aliphatic rings. The Bertz CT molecular complexity index is 535. The van der Waals surface area contributed by atoms with Crippen LogP contribution in [0.5, 0.6) is 0 Å². The van der Waals surface area contributed by atoms with Crippen molar-refractivity contribution in [2.24, 2.45) is 0 Å². The number of benzene rings is 1. The molecule has 78 valence electrons. The first-order chi connectivity index (χ1) is 7.09. The Labute approximate surface area is 89.5 Å². The highest BCUT2D eigenvalue weighted by Crippen LogP contribution is 2.27. The van der Waals surface area contributed by atoms with Gasteiger partial charge in [0.2, 0.25) is 0 Å². The summed E-state index contributed by atoms with van der Waals surface area (Å²) in [5, 5.41) is 8.88. The van der Waals surface area contributed by atoms with Crippen molar-refractivity contribution in [3.63, 3.8) is 0 Å². The molecule has 2 rings (SSSR count). The van der Waals surface area contributed by atoms with Crippen LogP contribution >= 0.6 is 11.6 Å². The number of rotatable bonds is 2. The summed E-state index contributed by atoms with van der Waals surface area (Å²) in [6, 6.07) is 3.05. The van der Waals surface area contributed by atoms with Crippen LogP contribution in [-0.4, -0.2) is 16.1 Å². The van der Waals surface area contributed by atoms with Crippen molar-refractivity contribution in [1.82, 2.24) is 4.98 Å². The van der Waals surface area contributed by atoms with Gasteiger partial charge in [0, 0.05) is 17.1 Å². The second-order valence-electron chi connectivity index (χ2n) is 3.17.